The van der Waals surface area contributed by atoms with E-state index in [1.807, 2.05) is 0 Å². The highest BCUT2D eigenvalue weighted by Crippen LogP contribution is 2.38. The fraction of sp³-hybridized carbons (Fsp3) is 0.615. The van der Waals surface area contributed by atoms with Gasteiger partial charge in [0.25, 0.3) is 0 Å². The second-order valence-corrected chi connectivity index (χ2v) is 8.89. The van der Waals surface area contributed by atoms with Crippen molar-refractivity contribution >= 4 is 35.7 Å². The molecule has 2 aromatic heterocycles. The third-order valence-electron chi connectivity index (χ3n) is 4.06. The van der Waals surface area contributed by atoms with E-state index in [2.05, 4.69) is 19.5 Å². The first kappa shape index (κ1) is 20.3. The van der Waals surface area contributed by atoms with Crippen LogP contribution in [0.4, 0.5) is 5.95 Å². The molecule has 0 bridgehead atoms. The quantitative estimate of drug-likeness (QED) is 0.406. The number of aliphatic hydroxyl groups is 1. The number of aliphatic hydroxyl groups excluding tert-OH is 1. The number of hydrogen-bond donors (Lipinski definition) is 4. The van der Waals surface area contributed by atoms with Crippen LogP contribution in [0.3, 0.4) is 0 Å². The van der Waals surface area contributed by atoms with E-state index in [9.17, 15) is 13.9 Å². The van der Waals surface area contributed by atoms with Crippen molar-refractivity contribution in [2.75, 3.05) is 24.3 Å². The summed E-state index contributed by atoms with van der Waals surface area (Å²) in [6, 6.07) is 0. The summed E-state index contributed by atoms with van der Waals surface area (Å²) in [6.07, 6.45) is 1.05. The van der Waals surface area contributed by atoms with Crippen LogP contribution in [0.1, 0.15) is 18.3 Å². The third kappa shape index (κ3) is 4.88. The number of aryl methyl sites for hydroxylation is 1. The number of aromatic nitrogens is 4. The van der Waals surface area contributed by atoms with Crippen LogP contribution < -0.4 is 5.73 Å². The lowest BCUT2D eigenvalue weighted by Crippen LogP contribution is -2.25. The number of anilines is 1. The molecule has 0 aliphatic carbocycles. The number of imidazole rings is 1. The second kappa shape index (κ2) is 7.87. The lowest BCUT2D eigenvalue weighted by molar-refractivity contribution is -0.0424. The molecule has 4 atom stereocenters. The average Bonchev–Trinajstić information content (AvgIpc) is 3.13. The number of hydrogen-bond acceptors (Lipinski definition) is 9. The Morgan fingerprint density at radius 1 is 1.48 bits per heavy atom. The Morgan fingerprint density at radius 3 is 2.89 bits per heavy atom. The molecule has 1 saturated heterocycles. The fourth-order valence-corrected chi connectivity index (χ4v) is 3.65. The van der Waals surface area contributed by atoms with Gasteiger partial charge in [0.05, 0.1) is 24.7 Å². The standard InChI is InChI=1S/C13H20N5O7PS/c1-27(23)3-2-7-11-12(17-13(14)16-7)18(6-15-11)10-4-8(19)9(25-10)5-24-26(20,21)22/h6,8-10,19H,2-5H2,1H3,(H2,14,16,17)(H2,20,21,22)/t8-,9+,10+,27?/m0/s1. The molecule has 0 spiro atoms. The van der Waals surface area contributed by atoms with E-state index in [-0.39, 0.29) is 12.4 Å². The number of nitrogens with two attached hydrogens (primary N) is 1. The fourth-order valence-electron chi connectivity index (χ4n) is 2.83. The molecule has 0 aromatic carbocycles. The summed E-state index contributed by atoms with van der Waals surface area (Å²) >= 11 is 0. The molecule has 1 aliphatic rings. The number of phosphoric acid groups is 1. The van der Waals surface area contributed by atoms with Crippen LogP contribution in [-0.4, -0.2) is 69.4 Å². The molecule has 5 N–H and O–H groups in total. The zero-order chi connectivity index (χ0) is 19.8. The van der Waals surface area contributed by atoms with E-state index in [4.69, 9.17) is 20.3 Å². The zero-order valence-electron chi connectivity index (χ0n) is 14.3. The summed E-state index contributed by atoms with van der Waals surface area (Å²) in [4.78, 5) is 30.2. The van der Waals surface area contributed by atoms with Gasteiger partial charge in [-0.2, -0.15) is 4.98 Å². The predicted octanol–water partition coefficient (Wildman–Crippen LogP) is -0.913. The largest absolute Gasteiger partial charge is 0.469 e. The van der Waals surface area contributed by atoms with Gasteiger partial charge in [0.1, 0.15) is 17.8 Å². The maximum absolute atomic E-state index is 11.4. The molecule has 0 radical (unpaired) electrons. The number of rotatable bonds is 7. The highest BCUT2D eigenvalue weighted by molar-refractivity contribution is 7.84. The molecule has 3 rings (SSSR count). The summed E-state index contributed by atoms with van der Waals surface area (Å²) in [7, 11) is -5.67. The predicted molar refractivity (Wildman–Crippen MR) is 94.9 cm³/mol. The first-order valence-electron chi connectivity index (χ1n) is 7.96. The molecule has 1 unspecified atom stereocenters. The molecular weight excluding hydrogens is 401 g/mol. The molecule has 1 fully saturated rings. The minimum atomic E-state index is -4.66. The van der Waals surface area contributed by atoms with E-state index in [1.54, 1.807) is 10.8 Å². The molecular formula is C13H20N5O7PS. The van der Waals surface area contributed by atoms with Crippen molar-refractivity contribution in [3.8, 4) is 0 Å². The Morgan fingerprint density at radius 2 is 2.22 bits per heavy atom. The first-order valence-corrected chi connectivity index (χ1v) is 11.2. The number of ether oxygens (including phenoxy) is 1. The molecule has 1 aliphatic heterocycles. The van der Waals surface area contributed by atoms with Crippen molar-refractivity contribution in [2.24, 2.45) is 0 Å². The summed E-state index contributed by atoms with van der Waals surface area (Å²) in [5.74, 6) is 0.430. The van der Waals surface area contributed by atoms with Crippen molar-refractivity contribution in [3.05, 3.63) is 12.0 Å². The maximum Gasteiger partial charge on any atom is 0.469 e. The Bertz CT molecular complexity index is 903. The molecule has 2 aromatic rings. The lowest BCUT2D eigenvalue weighted by atomic mass is 10.2. The maximum atomic E-state index is 11.4. The van der Waals surface area contributed by atoms with Gasteiger partial charge < -0.3 is 25.4 Å². The second-order valence-electron chi connectivity index (χ2n) is 6.10. The number of fused-ring (bicyclic) bond motifs is 1. The van der Waals surface area contributed by atoms with Crippen LogP contribution in [0.5, 0.6) is 0 Å². The minimum Gasteiger partial charge on any atom is -0.390 e. The summed E-state index contributed by atoms with van der Waals surface area (Å²) in [5.41, 5.74) is 7.22. The van der Waals surface area contributed by atoms with Crippen molar-refractivity contribution in [1.82, 2.24) is 19.5 Å². The molecule has 0 amide bonds. The third-order valence-corrected chi connectivity index (χ3v) is 5.32. The van der Waals surface area contributed by atoms with Gasteiger partial charge in [-0.3, -0.25) is 13.3 Å². The molecule has 14 heteroatoms. The topological polar surface area (TPSA) is 183 Å². The van der Waals surface area contributed by atoms with Gasteiger partial charge in [-0.15, -0.1) is 0 Å². The monoisotopic (exact) mass is 421 g/mol. The van der Waals surface area contributed by atoms with E-state index < -0.39 is 43.7 Å². The SMILES string of the molecule is CS(=O)CCc1nc(N)nc2c1ncn2[C@H]1C[C@H](O)[C@@H](COP(=O)(O)O)O1. The van der Waals surface area contributed by atoms with Crippen molar-refractivity contribution in [2.45, 2.75) is 31.3 Å². The Labute approximate surface area is 156 Å². The Hall–Kier alpha value is -1.47. The number of nitrogen functional groups attached to an aromatic ring is 1. The highest BCUT2D eigenvalue weighted by atomic mass is 32.2. The highest BCUT2D eigenvalue weighted by Gasteiger charge is 2.37. The van der Waals surface area contributed by atoms with E-state index in [0.29, 0.717) is 29.0 Å². The zero-order valence-corrected chi connectivity index (χ0v) is 16.0. The van der Waals surface area contributed by atoms with Crippen LogP contribution in [0.25, 0.3) is 11.2 Å². The molecule has 12 nitrogen and oxygen atoms in total. The normalized spacial score (nSPS) is 24.5. The van der Waals surface area contributed by atoms with Gasteiger partial charge in [-0.05, 0) is 0 Å². The Balaban J connectivity index is 1.83. The smallest absolute Gasteiger partial charge is 0.390 e. The van der Waals surface area contributed by atoms with Crippen LogP contribution in [-0.2, 0) is 31.0 Å². The molecule has 0 saturated carbocycles. The minimum absolute atomic E-state index is 0.0288. The van der Waals surface area contributed by atoms with Gasteiger partial charge in [-0.1, -0.05) is 0 Å². The van der Waals surface area contributed by atoms with Crippen molar-refractivity contribution < 1.29 is 32.9 Å². The van der Waals surface area contributed by atoms with Crippen LogP contribution in [0, 0.1) is 0 Å². The van der Waals surface area contributed by atoms with Crippen LogP contribution in [0.15, 0.2) is 6.33 Å². The van der Waals surface area contributed by atoms with Gasteiger partial charge >= 0.3 is 7.82 Å². The van der Waals surface area contributed by atoms with Crippen LogP contribution >= 0.6 is 7.82 Å². The summed E-state index contributed by atoms with van der Waals surface area (Å²) < 4.78 is 33.8. The summed E-state index contributed by atoms with van der Waals surface area (Å²) in [5, 5.41) is 10.1. The molecule has 150 valence electrons. The van der Waals surface area contributed by atoms with E-state index in [1.165, 1.54) is 6.33 Å². The lowest BCUT2D eigenvalue weighted by Gasteiger charge is -2.16. The molecule has 3 heterocycles. The molecule has 27 heavy (non-hydrogen) atoms. The summed E-state index contributed by atoms with van der Waals surface area (Å²) in [6.45, 7) is -0.459. The van der Waals surface area contributed by atoms with Gasteiger partial charge in [0.15, 0.2) is 5.65 Å². The van der Waals surface area contributed by atoms with Gasteiger partial charge in [0.2, 0.25) is 5.95 Å². The Kier molecular flexibility index (Phi) is 5.91. The first-order chi connectivity index (χ1) is 12.6. The number of nitrogens with zero attached hydrogens (tertiary/aromatic N) is 4. The van der Waals surface area contributed by atoms with Crippen molar-refractivity contribution in [1.29, 1.82) is 0 Å². The van der Waals surface area contributed by atoms with E-state index >= 15 is 0 Å². The van der Waals surface area contributed by atoms with E-state index in [0.717, 1.165) is 0 Å². The van der Waals surface area contributed by atoms with Crippen molar-refractivity contribution in [3.63, 3.8) is 0 Å². The average molecular weight is 421 g/mol. The van der Waals surface area contributed by atoms with Gasteiger partial charge in [-0.25, -0.2) is 14.5 Å². The number of phosphoric ester groups is 1. The van der Waals surface area contributed by atoms with Gasteiger partial charge in [0, 0.05) is 35.6 Å². The van der Waals surface area contributed by atoms with Crippen LogP contribution in [0.2, 0.25) is 0 Å².